The van der Waals surface area contributed by atoms with E-state index < -0.39 is 23.2 Å². The van der Waals surface area contributed by atoms with Crippen LogP contribution in [0.2, 0.25) is 0 Å². The molecule has 0 bridgehead atoms. The minimum atomic E-state index is -1.34. The summed E-state index contributed by atoms with van der Waals surface area (Å²) in [5, 5.41) is 17.6. The normalized spacial score (nSPS) is 10.1. The molecule has 0 aliphatic heterocycles. The standard InChI is InChI=1S/C15H9F2NO2S/c16-11-4-9(7-18)3-10(5-11)8-21-12-1-2-14(17)13(6-12)15(19)20/h1-6H,8H2,(H,19,20). The van der Waals surface area contributed by atoms with Crippen molar-refractivity contribution in [2.75, 3.05) is 0 Å². The number of hydrogen-bond donors (Lipinski definition) is 1. The summed E-state index contributed by atoms with van der Waals surface area (Å²) in [4.78, 5) is 11.4. The zero-order chi connectivity index (χ0) is 15.4. The minimum absolute atomic E-state index is 0.218. The summed E-state index contributed by atoms with van der Waals surface area (Å²) in [6.07, 6.45) is 0. The fraction of sp³-hybridized carbons (Fsp3) is 0.0667. The van der Waals surface area contributed by atoms with Gasteiger partial charge in [0, 0.05) is 10.6 Å². The van der Waals surface area contributed by atoms with Crippen LogP contribution in [0.15, 0.2) is 41.3 Å². The number of thioether (sulfide) groups is 1. The summed E-state index contributed by atoms with van der Waals surface area (Å²) in [6.45, 7) is 0. The predicted molar refractivity (Wildman–Crippen MR) is 74.0 cm³/mol. The van der Waals surface area contributed by atoms with Crippen LogP contribution in [0.25, 0.3) is 0 Å². The van der Waals surface area contributed by atoms with E-state index in [2.05, 4.69) is 0 Å². The number of rotatable bonds is 4. The highest BCUT2D eigenvalue weighted by Gasteiger charge is 2.11. The number of nitriles is 1. The summed E-state index contributed by atoms with van der Waals surface area (Å²) >= 11 is 1.24. The lowest BCUT2D eigenvalue weighted by Crippen LogP contribution is -2.00. The number of halogens is 2. The Bertz CT molecular complexity index is 741. The van der Waals surface area contributed by atoms with Crippen molar-refractivity contribution in [3.05, 3.63) is 64.7 Å². The lowest BCUT2D eigenvalue weighted by atomic mass is 10.1. The van der Waals surface area contributed by atoms with Gasteiger partial charge < -0.3 is 5.11 Å². The number of nitrogens with zero attached hydrogens (tertiary/aromatic N) is 1. The zero-order valence-corrected chi connectivity index (χ0v) is 11.5. The van der Waals surface area contributed by atoms with Gasteiger partial charge >= 0.3 is 5.97 Å². The van der Waals surface area contributed by atoms with E-state index in [1.807, 2.05) is 6.07 Å². The molecule has 2 aromatic rings. The van der Waals surface area contributed by atoms with Crippen molar-refractivity contribution < 1.29 is 18.7 Å². The van der Waals surface area contributed by atoms with Crippen molar-refractivity contribution in [1.29, 1.82) is 5.26 Å². The van der Waals surface area contributed by atoms with Crippen LogP contribution in [0.5, 0.6) is 0 Å². The van der Waals surface area contributed by atoms with Gasteiger partial charge in [0.05, 0.1) is 17.2 Å². The van der Waals surface area contributed by atoms with Crippen LogP contribution in [-0.4, -0.2) is 11.1 Å². The number of benzene rings is 2. The van der Waals surface area contributed by atoms with Crippen LogP contribution < -0.4 is 0 Å². The molecular weight excluding hydrogens is 296 g/mol. The van der Waals surface area contributed by atoms with E-state index in [4.69, 9.17) is 10.4 Å². The summed E-state index contributed by atoms with van der Waals surface area (Å²) in [7, 11) is 0. The molecule has 0 atom stereocenters. The average molecular weight is 305 g/mol. The Morgan fingerprint density at radius 2 is 2.00 bits per heavy atom. The fourth-order valence-electron chi connectivity index (χ4n) is 1.72. The van der Waals surface area contributed by atoms with E-state index in [1.54, 1.807) is 6.07 Å². The van der Waals surface area contributed by atoms with E-state index in [1.165, 1.54) is 30.0 Å². The Kier molecular flexibility index (Phi) is 4.55. The van der Waals surface area contributed by atoms with Crippen LogP contribution in [0.4, 0.5) is 8.78 Å². The Morgan fingerprint density at radius 1 is 1.24 bits per heavy atom. The molecule has 0 saturated carbocycles. The number of carbonyl (C=O) groups is 1. The lowest BCUT2D eigenvalue weighted by molar-refractivity contribution is 0.0691. The molecule has 0 aliphatic rings. The first kappa shape index (κ1) is 15.0. The van der Waals surface area contributed by atoms with Gasteiger partial charge in [-0.2, -0.15) is 5.26 Å². The summed E-state index contributed by atoms with van der Waals surface area (Å²) in [5.41, 5.74) is 0.408. The Labute approximate surface area is 123 Å². The molecule has 0 aromatic heterocycles. The lowest BCUT2D eigenvalue weighted by Gasteiger charge is -2.05. The van der Waals surface area contributed by atoms with E-state index in [-0.39, 0.29) is 5.56 Å². The first-order chi connectivity index (χ1) is 9.99. The largest absolute Gasteiger partial charge is 0.478 e. The molecule has 21 heavy (non-hydrogen) atoms. The SMILES string of the molecule is N#Cc1cc(F)cc(CSc2ccc(F)c(C(=O)O)c2)c1. The van der Waals surface area contributed by atoms with E-state index in [9.17, 15) is 13.6 Å². The quantitative estimate of drug-likeness (QED) is 0.872. The van der Waals surface area contributed by atoms with Gasteiger partial charge in [0.2, 0.25) is 0 Å². The molecule has 0 aliphatic carbocycles. The van der Waals surface area contributed by atoms with Gasteiger partial charge in [-0.25, -0.2) is 13.6 Å². The molecule has 106 valence electrons. The summed E-state index contributed by atoms with van der Waals surface area (Å²) in [6, 6.07) is 9.61. The molecule has 0 fully saturated rings. The van der Waals surface area contributed by atoms with Crippen molar-refractivity contribution in [2.45, 2.75) is 10.6 Å². The molecule has 1 N–H and O–H groups in total. The van der Waals surface area contributed by atoms with Gasteiger partial charge in [-0.1, -0.05) is 0 Å². The topological polar surface area (TPSA) is 61.1 Å². The first-order valence-electron chi connectivity index (χ1n) is 5.85. The van der Waals surface area contributed by atoms with Gasteiger partial charge in [-0.15, -0.1) is 11.8 Å². The van der Waals surface area contributed by atoms with Crippen molar-refractivity contribution in [1.82, 2.24) is 0 Å². The second-order valence-corrected chi connectivity index (χ2v) is 5.24. The second-order valence-electron chi connectivity index (χ2n) is 4.20. The molecular formula is C15H9F2NO2S. The minimum Gasteiger partial charge on any atom is -0.478 e. The van der Waals surface area contributed by atoms with Crippen molar-refractivity contribution in [3.63, 3.8) is 0 Å². The van der Waals surface area contributed by atoms with E-state index >= 15 is 0 Å². The molecule has 6 heteroatoms. The molecule has 0 unspecified atom stereocenters. The zero-order valence-electron chi connectivity index (χ0n) is 10.6. The maximum Gasteiger partial charge on any atom is 0.338 e. The summed E-state index contributed by atoms with van der Waals surface area (Å²) < 4.78 is 26.5. The first-order valence-corrected chi connectivity index (χ1v) is 6.83. The van der Waals surface area contributed by atoms with Gasteiger partial charge in [-0.05, 0) is 42.0 Å². The van der Waals surface area contributed by atoms with Gasteiger partial charge in [0.1, 0.15) is 11.6 Å². The number of hydrogen-bond acceptors (Lipinski definition) is 3. The van der Waals surface area contributed by atoms with Gasteiger partial charge in [-0.3, -0.25) is 0 Å². The number of carboxylic acids is 1. The third-order valence-electron chi connectivity index (χ3n) is 2.66. The maximum atomic E-state index is 13.3. The smallest absolute Gasteiger partial charge is 0.338 e. The highest BCUT2D eigenvalue weighted by Crippen LogP contribution is 2.25. The van der Waals surface area contributed by atoms with Crippen molar-refractivity contribution >= 4 is 17.7 Å². The molecule has 2 rings (SSSR count). The highest BCUT2D eigenvalue weighted by molar-refractivity contribution is 7.98. The van der Waals surface area contributed by atoms with Crippen molar-refractivity contribution in [3.8, 4) is 6.07 Å². The van der Waals surface area contributed by atoms with Crippen molar-refractivity contribution in [2.24, 2.45) is 0 Å². The second kappa shape index (κ2) is 6.37. The predicted octanol–water partition coefficient (Wildman–Crippen LogP) is 3.83. The number of aromatic carboxylic acids is 1. The fourth-order valence-corrected chi connectivity index (χ4v) is 2.59. The van der Waals surface area contributed by atoms with E-state index in [0.29, 0.717) is 16.2 Å². The third-order valence-corrected chi connectivity index (χ3v) is 3.73. The molecule has 2 aromatic carbocycles. The van der Waals surface area contributed by atoms with Crippen LogP contribution in [-0.2, 0) is 5.75 Å². The highest BCUT2D eigenvalue weighted by atomic mass is 32.2. The molecule has 0 heterocycles. The Balaban J connectivity index is 2.17. The monoisotopic (exact) mass is 305 g/mol. The van der Waals surface area contributed by atoms with Gasteiger partial charge in [0.15, 0.2) is 0 Å². The Morgan fingerprint density at radius 3 is 2.67 bits per heavy atom. The molecule has 3 nitrogen and oxygen atoms in total. The summed E-state index contributed by atoms with van der Waals surface area (Å²) in [5.74, 6) is -2.30. The van der Waals surface area contributed by atoms with Gasteiger partial charge in [0.25, 0.3) is 0 Å². The molecule has 0 saturated heterocycles. The number of carboxylic acid groups (broad SMARTS) is 1. The third kappa shape index (κ3) is 3.80. The van der Waals surface area contributed by atoms with Crippen LogP contribution in [0, 0.1) is 23.0 Å². The van der Waals surface area contributed by atoms with Crippen LogP contribution in [0.3, 0.4) is 0 Å². The molecule has 0 spiro atoms. The van der Waals surface area contributed by atoms with Crippen LogP contribution >= 0.6 is 11.8 Å². The maximum absolute atomic E-state index is 13.3. The Hall–Kier alpha value is -2.39. The van der Waals surface area contributed by atoms with Crippen LogP contribution in [0.1, 0.15) is 21.5 Å². The molecule has 0 radical (unpaired) electrons. The average Bonchev–Trinajstić information content (AvgIpc) is 2.45. The van der Waals surface area contributed by atoms with E-state index in [0.717, 1.165) is 12.1 Å². The molecule has 0 amide bonds.